The molecule has 1 aromatic rings. The normalized spacial score (nSPS) is 19.3. The molecular weight excluding hydrogens is 236 g/mol. The van der Waals surface area contributed by atoms with Gasteiger partial charge in [-0.15, -0.1) is 0 Å². The number of nitrogens with zero attached hydrogens (tertiary/aromatic N) is 1. The molecule has 1 amide bonds. The van der Waals surface area contributed by atoms with Crippen molar-refractivity contribution >= 4 is 11.6 Å². The van der Waals surface area contributed by atoms with Crippen LogP contribution in [0.2, 0.25) is 0 Å². The SMILES string of the molecule is O=C(Cc1ccc(N2CCCCC2)cc1)NC1CC1. The average Bonchev–Trinajstić information content (AvgIpc) is 3.24. The van der Waals surface area contributed by atoms with Crippen LogP contribution in [0.4, 0.5) is 5.69 Å². The molecule has 1 saturated carbocycles. The zero-order valence-electron chi connectivity index (χ0n) is 11.4. The fourth-order valence-corrected chi connectivity index (χ4v) is 2.67. The summed E-state index contributed by atoms with van der Waals surface area (Å²) in [4.78, 5) is 14.2. The molecule has 0 spiro atoms. The van der Waals surface area contributed by atoms with Gasteiger partial charge in [-0.25, -0.2) is 0 Å². The number of carbonyl (C=O) groups excluding carboxylic acids is 1. The number of amides is 1. The number of carbonyl (C=O) groups is 1. The van der Waals surface area contributed by atoms with Gasteiger partial charge < -0.3 is 10.2 Å². The van der Waals surface area contributed by atoms with Crippen molar-refractivity contribution in [1.82, 2.24) is 5.32 Å². The standard InChI is InChI=1S/C16H22N2O/c19-16(17-14-6-7-14)12-13-4-8-15(9-5-13)18-10-2-1-3-11-18/h4-5,8-9,14H,1-3,6-7,10-12H2,(H,17,19). The Morgan fingerprint density at radius 3 is 2.42 bits per heavy atom. The number of rotatable bonds is 4. The predicted octanol–water partition coefficient (Wildman–Crippen LogP) is 2.50. The van der Waals surface area contributed by atoms with Crippen LogP contribution in [0, 0.1) is 0 Å². The van der Waals surface area contributed by atoms with E-state index in [9.17, 15) is 4.79 Å². The van der Waals surface area contributed by atoms with Gasteiger partial charge in [-0.05, 0) is 49.8 Å². The molecular formula is C16H22N2O. The van der Waals surface area contributed by atoms with Crippen molar-refractivity contribution in [3.05, 3.63) is 29.8 Å². The molecule has 0 bridgehead atoms. The first kappa shape index (κ1) is 12.5. The maximum absolute atomic E-state index is 11.7. The van der Waals surface area contributed by atoms with Gasteiger partial charge in [-0.2, -0.15) is 0 Å². The van der Waals surface area contributed by atoms with E-state index in [1.54, 1.807) is 0 Å². The molecule has 1 aliphatic heterocycles. The van der Waals surface area contributed by atoms with Crippen molar-refractivity contribution in [2.75, 3.05) is 18.0 Å². The van der Waals surface area contributed by atoms with Crippen LogP contribution in [0.15, 0.2) is 24.3 Å². The summed E-state index contributed by atoms with van der Waals surface area (Å²) in [5.74, 6) is 0.160. The molecule has 3 nitrogen and oxygen atoms in total. The second-order valence-electron chi connectivity index (χ2n) is 5.73. The number of piperidine rings is 1. The molecule has 1 heterocycles. The fourth-order valence-electron chi connectivity index (χ4n) is 2.67. The summed E-state index contributed by atoms with van der Waals surface area (Å²) < 4.78 is 0. The van der Waals surface area contributed by atoms with E-state index in [4.69, 9.17) is 0 Å². The van der Waals surface area contributed by atoms with E-state index in [0.29, 0.717) is 12.5 Å². The molecule has 2 aliphatic rings. The Balaban J connectivity index is 1.56. The zero-order valence-corrected chi connectivity index (χ0v) is 11.4. The minimum atomic E-state index is 0.160. The van der Waals surface area contributed by atoms with Crippen LogP contribution < -0.4 is 10.2 Å². The second kappa shape index (κ2) is 5.64. The summed E-state index contributed by atoms with van der Waals surface area (Å²) in [5, 5.41) is 3.03. The van der Waals surface area contributed by atoms with E-state index >= 15 is 0 Å². The molecule has 0 atom stereocenters. The largest absolute Gasteiger partial charge is 0.372 e. The maximum atomic E-state index is 11.7. The number of hydrogen-bond donors (Lipinski definition) is 1. The van der Waals surface area contributed by atoms with Crippen molar-refractivity contribution in [2.45, 2.75) is 44.6 Å². The van der Waals surface area contributed by atoms with Crippen molar-refractivity contribution in [3.63, 3.8) is 0 Å². The average molecular weight is 258 g/mol. The van der Waals surface area contributed by atoms with Gasteiger partial charge in [0.2, 0.25) is 5.91 Å². The van der Waals surface area contributed by atoms with Crippen LogP contribution in [0.5, 0.6) is 0 Å². The summed E-state index contributed by atoms with van der Waals surface area (Å²) in [5.41, 5.74) is 2.41. The first-order valence-electron chi connectivity index (χ1n) is 7.44. The number of anilines is 1. The van der Waals surface area contributed by atoms with Gasteiger partial charge >= 0.3 is 0 Å². The second-order valence-corrected chi connectivity index (χ2v) is 5.73. The number of benzene rings is 1. The van der Waals surface area contributed by atoms with Gasteiger partial charge in [0.1, 0.15) is 0 Å². The molecule has 3 heteroatoms. The Bertz CT molecular complexity index is 431. The lowest BCUT2D eigenvalue weighted by Gasteiger charge is -2.28. The van der Waals surface area contributed by atoms with E-state index in [0.717, 1.165) is 18.4 Å². The Labute approximate surface area is 115 Å². The molecule has 1 aliphatic carbocycles. The third kappa shape index (κ3) is 3.49. The molecule has 0 aromatic heterocycles. The van der Waals surface area contributed by atoms with Gasteiger partial charge in [0.25, 0.3) is 0 Å². The topological polar surface area (TPSA) is 32.3 Å². The van der Waals surface area contributed by atoms with E-state index in [1.165, 1.54) is 38.0 Å². The van der Waals surface area contributed by atoms with Crippen molar-refractivity contribution in [1.29, 1.82) is 0 Å². The highest BCUT2D eigenvalue weighted by molar-refractivity contribution is 5.79. The highest BCUT2D eigenvalue weighted by Gasteiger charge is 2.23. The van der Waals surface area contributed by atoms with Crippen LogP contribution >= 0.6 is 0 Å². The monoisotopic (exact) mass is 258 g/mol. The number of hydrogen-bond acceptors (Lipinski definition) is 2. The minimum absolute atomic E-state index is 0.160. The lowest BCUT2D eigenvalue weighted by molar-refractivity contribution is -0.120. The molecule has 102 valence electrons. The fraction of sp³-hybridized carbons (Fsp3) is 0.562. The molecule has 0 unspecified atom stereocenters. The molecule has 1 saturated heterocycles. The molecule has 0 radical (unpaired) electrons. The summed E-state index contributed by atoms with van der Waals surface area (Å²) in [6.45, 7) is 2.34. The molecule has 1 aromatic carbocycles. The van der Waals surface area contributed by atoms with Gasteiger partial charge in [0.15, 0.2) is 0 Å². The summed E-state index contributed by atoms with van der Waals surface area (Å²) >= 11 is 0. The third-order valence-corrected chi connectivity index (χ3v) is 3.96. The summed E-state index contributed by atoms with van der Waals surface area (Å²) in [6.07, 6.45) is 6.77. The lowest BCUT2D eigenvalue weighted by Crippen LogP contribution is -2.29. The van der Waals surface area contributed by atoms with E-state index in [-0.39, 0.29) is 5.91 Å². The van der Waals surface area contributed by atoms with Gasteiger partial charge in [0.05, 0.1) is 6.42 Å². The Morgan fingerprint density at radius 1 is 1.11 bits per heavy atom. The molecule has 2 fully saturated rings. The quantitative estimate of drug-likeness (QED) is 0.900. The zero-order chi connectivity index (χ0) is 13.1. The minimum Gasteiger partial charge on any atom is -0.372 e. The maximum Gasteiger partial charge on any atom is 0.224 e. The first-order chi connectivity index (χ1) is 9.31. The highest BCUT2D eigenvalue weighted by Crippen LogP contribution is 2.21. The number of nitrogens with one attached hydrogen (secondary N) is 1. The third-order valence-electron chi connectivity index (χ3n) is 3.96. The highest BCUT2D eigenvalue weighted by atomic mass is 16.1. The predicted molar refractivity (Wildman–Crippen MR) is 77.4 cm³/mol. The van der Waals surface area contributed by atoms with Crippen LogP contribution in [-0.4, -0.2) is 25.0 Å². The molecule has 1 N–H and O–H groups in total. The molecule has 3 rings (SSSR count). The van der Waals surface area contributed by atoms with Crippen molar-refractivity contribution in [2.24, 2.45) is 0 Å². The van der Waals surface area contributed by atoms with Gasteiger partial charge in [-0.1, -0.05) is 12.1 Å². The lowest BCUT2D eigenvalue weighted by atomic mass is 10.1. The van der Waals surface area contributed by atoms with Gasteiger partial charge in [0, 0.05) is 24.8 Å². The Hall–Kier alpha value is -1.51. The van der Waals surface area contributed by atoms with Crippen molar-refractivity contribution in [3.8, 4) is 0 Å². The van der Waals surface area contributed by atoms with E-state index < -0.39 is 0 Å². The van der Waals surface area contributed by atoms with E-state index in [1.807, 2.05) is 0 Å². The Kier molecular flexibility index (Phi) is 3.72. The van der Waals surface area contributed by atoms with Gasteiger partial charge in [-0.3, -0.25) is 4.79 Å². The Morgan fingerprint density at radius 2 is 1.79 bits per heavy atom. The summed E-state index contributed by atoms with van der Waals surface area (Å²) in [7, 11) is 0. The van der Waals surface area contributed by atoms with Crippen LogP contribution in [-0.2, 0) is 11.2 Å². The molecule has 19 heavy (non-hydrogen) atoms. The van der Waals surface area contributed by atoms with Crippen LogP contribution in [0.3, 0.4) is 0 Å². The van der Waals surface area contributed by atoms with Crippen LogP contribution in [0.25, 0.3) is 0 Å². The van der Waals surface area contributed by atoms with Crippen molar-refractivity contribution < 1.29 is 4.79 Å². The van der Waals surface area contributed by atoms with E-state index in [2.05, 4.69) is 34.5 Å². The summed E-state index contributed by atoms with van der Waals surface area (Å²) in [6, 6.07) is 8.96. The first-order valence-corrected chi connectivity index (χ1v) is 7.44. The van der Waals surface area contributed by atoms with Crippen LogP contribution in [0.1, 0.15) is 37.7 Å². The smallest absolute Gasteiger partial charge is 0.224 e.